The van der Waals surface area contributed by atoms with Crippen molar-refractivity contribution in [1.29, 1.82) is 0 Å². The van der Waals surface area contributed by atoms with Crippen molar-refractivity contribution in [2.45, 2.75) is 40.4 Å². The van der Waals surface area contributed by atoms with Crippen LogP contribution in [0.5, 0.6) is 0 Å². The second-order valence-corrected chi connectivity index (χ2v) is 3.95. The SMILES string of the molecule is CC.CNNC(C)=NCc1cc(N)nc(C(F)(F)F)c1C. The molecule has 0 atom stereocenters. The number of aliphatic imine (C=N–C) groups is 1. The van der Waals surface area contributed by atoms with Gasteiger partial charge in [0.1, 0.15) is 17.3 Å². The van der Waals surface area contributed by atoms with Crippen LogP contribution in [0.15, 0.2) is 11.1 Å². The molecular weight excluding hydrogens is 283 g/mol. The molecule has 5 nitrogen and oxygen atoms in total. The van der Waals surface area contributed by atoms with Gasteiger partial charge in [0.15, 0.2) is 0 Å². The topological polar surface area (TPSA) is 75.3 Å². The van der Waals surface area contributed by atoms with Crippen LogP contribution in [0.3, 0.4) is 0 Å². The molecule has 120 valence electrons. The highest BCUT2D eigenvalue weighted by molar-refractivity contribution is 5.78. The van der Waals surface area contributed by atoms with Crippen LogP contribution in [-0.4, -0.2) is 17.9 Å². The molecule has 0 saturated carbocycles. The molecule has 0 aromatic carbocycles. The van der Waals surface area contributed by atoms with Gasteiger partial charge in [-0.2, -0.15) is 13.2 Å². The number of nitrogens with zero attached hydrogens (tertiary/aromatic N) is 2. The molecule has 0 unspecified atom stereocenters. The van der Waals surface area contributed by atoms with Crippen molar-refractivity contribution in [1.82, 2.24) is 15.8 Å². The number of nitrogens with one attached hydrogen (secondary N) is 2. The summed E-state index contributed by atoms with van der Waals surface area (Å²) in [6.07, 6.45) is -4.52. The molecule has 0 bridgehead atoms. The van der Waals surface area contributed by atoms with Gasteiger partial charge in [-0.15, -0.1) is 0 Å². The minimum absolute atomic E-state index is 0.0442. The van der Waals surface area contributed by atoms with Crippen LogP contribution >= 0.6 is 0 Å². The number of hydrogen-bond acceptors (Lipinski definition) is 4. The summed E-state index contributed by atoms with van der Waals surface area (Å²) in [5.41, 5.74) is 10.3. The highest BCUT2D eigenvalue weighted by Crippen LogP contribution is 2.32. The molecule has 0 saturated heterocycles. The first-order valence-electron chi connectivity index (χ1n) is 6.52. The Morgan fingerprint density at radius 3 is 2.43 bits per heavy atom. The van der Waals surface area contributed by atoms with Gasteiger partial charge in [-0.05, 0) is 31.0 Å². The van der Waals surface area contributed by atoms with E-state index in [1.165, 1.54) is 13.0 Å². The van der Waals surface area contributed by atoms with Crippen LogP contribution < -0.4 is 16.6 Å². The molecule has 1 rings (SSSR count). The Hall–Kier alpha value is -1.83. The Balaban J connectivity index is 0.00000191. The largest absolute Gasteiger partial charge is 0.433 e. The molecule has 8 heteroatoms. The van der Waals surface area contributed by atoms with Gasteiger partial charge in [0.25, 0.3) is 0 Å². The van der Waals surface area contributed by atoms with Gasteiger partial charge in [-0.25, -0.2) is 10.4 Å². The van der Waals surface area contributed by atoms with Crippen molar-refractivity contribution >= 4 is 11.7 Å². The number of hydrazine groups is 1. The van der Waals surface area contributed by atoms with Gasteiger partial charge in [0.05, 0.1) is 6.54 Å². The van der Waals surface area contributed by atoms with E-state index < -0.39 is 11.9 Å². The number of nitrogens with two attached hydrogens (primary N) is 1. The van der Waals surface area contributed by atoms with E-state index in [0.717, 1.165) is 0 Å². The normalized spacial score (nSPS) is 11.7. The summed E-state index contributed by atoms with van der Waals surface area (Å²) in [6.45, 7) is 7.16. The molecule has 1 aromatic heterocycles. The smallest absolute Gasteiger partial charge is 0.384 e. The molecule has 0 aliphatic rings. The second kappa shape index (κ2) is 8.46. The maximum atomic E-state index is 12.8. The molecule has 0 amide bonds. The maximum Gasteiger partial charge on any atom is 0.433 e. The Morgan fingerprint density at radius 1 is 1.38 bits per heavy atom. The number of nitrogen functional groups attached to an aromatic ring is 1. The Labute approximate surface area is 122 Å². The molecule has 1 heterocycles. The lowest BCUT2D eigenvalue weighted by atomic mass is 10.1. The maximum absolute atomic E-state index is 12.8. The van der Waals surface area contributed by atoms with E-state index in [1.807, 2.05) is 13.8 Å². The van der Waals surface area contributed by atoms with Crippen LogP contribution in [0.2, 0.25) is 0 Å². The van der Waals surface area contributed by atoms with Crippen LogP contribution in [0.4, 0.5) is 19.0 Å². The number of amidine groups is 1. The minimum Gasteiger partial charge on any atom is -0.384 e. The molecule has 4 N–H and O–H groups in total. The average Bonchev–Trinajstić information content (AvgIpc) is 2.40. The summed E-state index contributed by atoms with van der Waals surface area (Å²) in [7, 11) is 1.66. The van der Waals surface area contributed by atoms with Crippen molar-refractivity contribution in [3.8, 4) is 0 Å². The Kier molecular flexibility index (Phi) is 7.72. The van der Waals surface area contributed by atoms with E-state index in [1.54, 1.807) is 14.0 Å². The quantitative estimate of drug-likeness (QED) is 0.456. The summed E-state index contributed by atoms with van der Waals surface area (Å²) in [4.78, 5) is 7.45. The fraction of sp³-hybridized carbons (Fsp3) is 0.538. The molecule has 0 aliphatic heterocycles. The van der Waals surface area contributed by atoms with E-state index in [2.05, 4.69) is 20.8 Å². The number of aromatic nitrogens is 1. The zero-order chi connectivity index (χ0) is 16.6. The second-order valence-electron chi connectivity index (χ2n) is 3.95. The predicted molar refractivity (Wildman–Crippen MR) is 78.7 cm³/mol. The van der Waals surface area contributed by atoms with E-state index in [0.29, 0.717) is 11.4 Å². The molecule has 0 aliphatic carbocycles. The summed E-state index contributed by atoms with van der Waals surface area (Å²) < 4.78 is 38.3. The van der Waals surface area contributed by atoms with Crippen LogP contribution in [0.1, 0.15) is 37.6 Å². The van der Waals surface area contributed by atoms with Crippen molar-refractivity contribution in [3.63, 3.8) is 0 Å². The summed E-state index contributed by atoms with van der Waals surface area (Å²) >= 11 is 0. The van der Waals surface area contributed by atoms with Gasteiger partial charge in [0.2, 0.25) is 0 Å². The van der Waals surface area contributed by atoms with Gasteiger partial charge in [0, 0.05) is 7.05 Å². The summed E-state index contributed by atoms with van der Waals surface area (Å²) in [6, 6.07) is 1.40. The summed E-state index contributed by atoms with van der Waals surface area (Å²) in [5.74, 6) is 0.396. The first kappa shape index (κ1) is 19.2. The van der Waals surface area contributed by atoms with Gasteiger partial charge in [-0.3, -0.25) is 4.99 Å². The minimum atomic E-state index is -4.52. The van der Waals surface area contributed by atoms with Crippen LogP contribution in [0.25, 0.3) is 0 Å². The van der Waals surface area contributed by atoms with E-state index >= 15 is 0 Å². The third kappa shape index (κ3) is 5.99. The molecule has 0 spiro atoms. The lowest BCUT2D eigenvalue weighted by Gasteiger charge is -2.13. The number of anilines is 1. The predicted octanol–water partition coefficient (Wildman–Crippen LogP) is 2.66. The third-order valence-electron chi connectivity index (χ3n) is 2.46. The highest BCUT2D eigenvalue weighted by atomic mass is 19.4. The molecule has 1 aromatic rings. The number of hydrogen-bond donors (Lipinski definition) is 3. The number of rotatable bonds is 3. The lowest BCUT2D eigenvalue weighted by Crippen LogP contribution is -2.32. The number of pyridine rings is 1. The van der Waals surface area contributed by atoms with Gasteiger partial charge in [-0.1, -0.05) is 13.8 Å². The zero-order valence-electron chi connectivity index (χ0n) is 12.9. The van der Waals surface area contributed by atoms with Crippen molar-refractivity contribution in [2.75, 3.05) is 12.8 Å². The van der Waals surface area contributed by atoms with E-state index in [4.69, 9.17) is 5.73 Å². The lowest BCUT2D eigenvalue weighted by molar-refractivity contribution is -0.141. The van der Waals surface area contributed by atoms with Crippen molar-refractivity contribution in [2.24, 2.45) is 4.99 Å². The monoisotopic (exact) mass is 305 g/mol. The average molecular weight is 305 g/mol. The fourth-order valence-corrected chi connectivity index (χ4v) is 1.55. The van der Waals surface area contributed by atoms with Crippen molar-refractivity contribution in [3.05, 3.63) is 22.9 Å². The summed E-state index contributed by atoms with van der Waals surface area (Å²) in [5, 5.41) is 0. The Bertz CT molecular complexity index is 483. The highest BCUT2D eigenvalue weighted by Gasteiger charge is 2.35. The third-order valence-corrected chi connectivity index (χ3v) is 2.46. The first-order chi connectivity index (χ1) is 9.75. The molecule has 0 fully saturated rings. The van der Waals surface area contributed by atoms with Gasteiger partial charge < -0.3 is 11.2 Å². The Morgan fingerprint density at radius 2 is 1.95 bits per heavy atom. The molecule has 21 heavy (non-hydrogen) atoms. The van der Waals surface area contributed by atoms with Crippen LogP contribution in [-0.2, 0) is 12.7 Å². The molecular formula is C13H22F3N5. The first-order valence-corrected chi connectivity index (χ1v) is 6.52. The van der Waals surface area contributed by atoms with Crippen LogP contribution in [0, 0.1) is 6.92 Å². The van der Waals surface area contributed by atoms with Crippen molar-refractivity contribution < 1.29 is 13.2 Å². The van der Waals surface area contributed by atoms with E-state index in [9.17, 15) is 13.2 Å². The zero-order valence-corrected chi connectivity index (χ0v) is 12.9. The van der Waals surface area contributed by atoms with E-state index in [-0.39, 0.29) is 17.9 Å². The molecule has 0 radical (unpaired) electrons. The standard InChI is InChI=1S/C11H16F3N5.C2H6/c1-6-8(5-17-7(2)19-16-3)4-9(15)18-10(6)11(12,13)14;1-2/h4,16H,5H2,1-3H3,(H2,15,18)(H,17,19);1-2H3. The number of halogens is 3. The number of alkyl halides is 3. The van der Waals surface area contributed by atoms with Gasteiger partial charge >= 0.3 is 6.18 Å². The fourth-order valence-electron chi connectivity index (χ4n) is 1.55.